The molecular formula is C62H37N3. The number of nitrogens with zero attached hydrogens (tertiary/aromatic N) is 3. The topological polar surface area (TPSA) is 33.6 Å². The highest BCUT2D eigenvalue weighted by Gasteiger charge is 2.51. The van der Waals surface area contributed by atoms with Crippen molar-refractivity contribution in [3.63, 3.8) is 0 Å². The summed E-state index contributed by atoms with van der Waals surface area (Å²) in [6.45, 7) is 0. The highest BCUT2D eigenvalue weighted by Crippen LogP contribution is 2.63. The fraction of sp³-hybridized carbons (Fsp3) is 0.0161. The molecule has 0 unspecified atom stereocenters. The normalized spacial score (nSPS) is 13.0. The minimum Gasteiger partial charge on any atom is -0.309 e. The van der Waals surface area contributed by atoms with Crippen LogP contribution in [0.5, 0.6) is 0 Å². The van der Waals surface area contributed by atoms with E-state index in [0.29, 0.717) is 5.56 Å². The first-order valence-electron chi connectivity index (χ1n) is 22.3. The summed E-state index contributed by atoms with van der Waals surface area (Å²) >= 11 is 0. The summed E-state index contributed by atoms with van der Waals surface area (Å²) in [5.41, 5.74) is 22.3. The predicted octanol–water partition coefficient (Wildman–Crippen LogP) is 15.4. The molecule has 300 valence electrons. The molecule has 0 N–H and O–H groups in total. The predicted molar refractivity (Wildman–Crippen MR) is 267 cm³/mol. The lowest BCUT2D eigenvalue weighted by molar-refractivity contribution is 0.794. The van der Waals surface area contributed by atoms with Crippen molar-refractivity contribution in [2.45, 2.75) is 5.41 Å². The van der Waals surface area contributed by atoms with Gasteiger partial charge in [0.05, 0.1) is 39.1 Å². The molecule has 3 heteroatoms. The number of aromatic nitrogens is 2. The Labute approximate surface area is 376 Å². The Morgan fingerprint density at radius 2 is 0.708 bits per heavy atom. The average molecular weight is 824 g/mol. The van der Waals surface area contributed by atoms with E-state index in [2.05, 4.69) is 228 Å². The summed E-state index contributed by atoms with van der Waals surface area (Å²) in [5.74, 6) is 0. The Balaban J connectivity index is 0.975. The van der Waals surface area contributed by atoms with Crippen LogP contribution in [0.2, 0.25) is 0 Å². The zero-order chi connectivity index (χ0) is 42.8. The van der Waals surface area contributed by atoms with Crippen molar-refractivity contribution in [3.8, 4) is 62.0 Å². The second-order valence-electron chi connectivity index (χ2n) is 17.5. The number of rotatable bonds is 4. The second kappa shape index (κ2) is 13.4. The maximum atomic E-state index is 9.68. The maximum absolute atomic E-state index is 9.68. The molecule has 0 radical (unpaired) electrons. The van der Waals surface area contributed by atoms with Crippen LogP contribution in [0.1, 0.15) is 27.8 Å². The van der Waals surface area contributed by atoms with Gasteiger partial charge in [-0.2, -0.15) is 5.26 Å². The van der Waals surface area contributed by atoms with Crippen LogP contribution in [0.15, 0.2) is 224 Å². The van der Waals surface area contributed by atoms with Crippen molar-refractivity contribution >= 4 is 43.6 Å². The molecule has 2 aromatic heterocycles. The first kappa shape index (κ1) is 35.8. The van der Waals surface area contributed by atoms with Gasteiger partial charge in [0.15, 0.2) is 0 Å². The van der Waals surface area contributed by atoms with Crippen LogP contribution in [0.4, 0.5) is 0 Å². The number of benzene rings is 10. The SMILES string of the molecule is N#Cc1ccc(-n2c3ccc(-c4ccc5c(c4)C4(c6ccccc6-c6ccccc64)c4ccccc4-5)cc3c3cc(-c4ccc5c(c4)c4ccccc4n5-c4ccccc4)ccc32)cc1. The molecule has 65 heavy (non-hydrogen) atoms. The minimum absolute atomic E-state index is 0.408. The Kier molecular flexibility index (Phi) is 7.39. The van der Waals surface area contributed by atoms with E-state index in [4.69, 9.17) is 0 Å². The van der Waals surface area contributed by atoms with E-state index in [1.54, 1.807) is 0 Å². The lowest BCUT2D eigenvalue weighted by Gasteiger charge is -2.30. The van der Waals surface area contributed by atoms with Crippen LogP contribution in [0.25, 0.3) is 99.5 Å². The van der Waals surface area contributed by atoms with Crippen molar-refractivity contribution in [2.24, 2.45) is 0 Å². The van der Waals surface area contributed by atoms with E-state index in [1.165, 1.54) is 93.8 Å². The van der Waals surface area contributed by atoms with Gasteiger partial charge in [0.2, 0.25) is 0 Å². The fourth-order valence-electron chi connectivity index (χ4n) is 11.6. The van der Waals surface area contributed by atoms with Gasteiger partial charge in [-0.25, -0.2) is 0 Å². The van der Waals surface area contributed by atoms with E-state index in [1.807, 2.05) is 12.1 Å². The molecule has 0 atom stereocenters. The quantitative estimate of drug-likeness (QED) is 0.174. The third-order valence-corrected chi connectivity index (χ3v) is 14.4. The molecule has 10 aromatic carbocycles. The van der Waals surface area contributed by atoms with Crippen LogP contribution >= 0.6 is 0 Å². The van der Waals surface area contributed by atoms with Gasteiger partial charge < -0.3 is 9.13 Å². The summed E-state index contributed by atoms with van der Waals surface area (Å²) in [4.78, 5) is 0. The third-order valence-electron chi connectivity index (χ3n) is 14.4. The molecule has 14 rings (SSSR count). The van der Waals surface area contributed by atoms with Crippen LogP contribution < -0.4 is 0 Å². The molecule has 12 aromatic rings. The summed E-state index contributed by atoms with van der Waals surface area (Å²) in [5, 5.41) is 14.5. The molecule has 2 aliphatic carbocycles. The molecule has 0 bridgehead atoms. The zero-order valence-corrected chi connectivity index (χ0v) is 35.2. The van der Waals surface area contributed by atoms with Gasteiger partial charge >= 0.3 is 0 Å². The molecule has 2 aliphatic rings. The number of para-hydroxylation sites is 2. The summed E-state index contributed by atoms with van der Waals surface area (Å²) in [6, 6.07) is 84.5. The molecule has 2 heterocycles. The first-order valence-corrected chi connectivity index (χ1v) is 22.3. The third kappa shape index (κ3) is 4.88. The molecule has 0 saturated carbocycles. The van der Waals surface area contributed by atoms with Gasteiger partial charge in [0.1, 0.15) is 0 Å². The smallest absolute Gasteiger partial charge is 0.0991 e. The van der Waals surface area contributed by atoms with Crippen LogP contribution in [0, 0.1) is 11.3 Å². The number of hydrogen-bond donors (Lipinski definition) is 0. The second-order valence-corrected chi connectivity index (χ2v) is 17.5. The van der Waals surface area contributed by atoms with Crippen molar-refractivity contribution in [1.29, 1.82) is 5.26 Å². The number of fused-ring (bicyclic) bond motifs is 16. The van der Waals surface area contributed by atoms with Gasteiger partial charge in [0, 0.05) is 32.9 Å². The van der Waals surface area contributed by atoms with Crippen molar-refractivity contribution in [3.05, 3.63) is 252 Å². The number of hydrogen-bond acceptors (Lipinski definition) is 1. The van der Waals surface area contributed by atoms with Crippen molar-refractivity contribution in [1.82, 2.24) is 9.13 Å². The van der Waals surface area contributed by atoms with Gasteiger partial charge in [-0.1, -0.05) is 140 Å². The Bertz CT molecular complexity index is 3940. The molecule has 3 nitrogen and oxygen atoms in total. The molecule has 0 saturated heterocycles. The Morgan fingerprint density at radius 1 is 0.308 bits per heavy atom. The minimum atomic E-state index is -0.408. The fourth-order valence-corrected chi connectivity index (χ4v) is 11.6. The van der Waals surface area contributed by atoms with Crippen LogP contribution in [-0.4, -0.2) is 9.13 Å². The van der Waals surface area contributed by atoms with Crippen molar-refractivity contribution in [2.75, 3.05) is 0 Å². The highest BCUT2D eigenvalue weighted by atomic mass is 15.0. The van der Waals surface area contributed by atoms with E-state index >= 15 is 0 Å². The Morgan fingerprint density at radius 3 is 1.25 bits per heavy atom. The van der Waals surface area contributed by atoms with Crippen LogP contribution in [-0.2, 0) is 5.41 Å². The lowest BCUT2D eigenvalue weighted by atomic mass is 9.70. The van der Waals surface area contributed by atoms with E-state index in [0.717, 1.165) is 28.0 Å². The first-order chi connectivity index (χ1) is 32.2. The average Bonchev–Trinajstić information content (AvgIpc) is 4.08. The largest absolute Gasteiger partial charge is 0.309 e. The summed E-state index contributed by atoms with van der Waals surface area (Å²) in [6.07, 6.45) is 0. The van der Waals surface area contributed by atoms with Crippen molar-refractivity contribution < 1.29 is 0 Å². The lowest BCUT2D eigenvalue weighted by Crippen LogP contribution is -2.25. The monoisotopic (exact) mass is 823 g/mol. The molecule has 0 amide bonds. The molecule has 0 aliphatic heterocycles. The molecular weight excluding hydrogens is 787 g/mol. The number of nitriles is 1. The molecule has 1 spiro atoms. The highest BCUT2D eigenvalue weighted by molar-refractivity contribution is 6.13. The standard InChI is InChI=1S/C62H37N3/c63-38-39-22-28-45(29-23-39)65-60-32-26-41(40-25-31-59-51(34-40)50-17-7-11-21-58(50)64(59)44-12-2-1-3-13-44)35-52(60)53-36-42(27-33-61(53)65)43-24-30-49-48-16-6-10-20-56(48)62(57(49)37-43)54-18-8-4-14-46(54)47-15-5-9-19-55(47)62/h1-37H. The maximum Gasteiger partial charge on any atom is 0.0991 e. The van der Waals surface area contributed by atoms with E-state index < -0.39 is 5.41 Å². The van der Waals surface area contributed by atoms with E-state index in [9.17, 15) is 5.26 Å². The van der Waals surface area contributed by atoms with Gasteiger partial charge in [0.25, 0.3) is 0 Å². The van der Waals surface area contributed by atoms with Crippen LogP contribution in [0.3, 0.4) is 0 Å². The Hall–Kier alpha value is -8.71. The van der Waals surface area contributed by atoms with E-state index in [-0.39, 0.29) is 0 Å². The zero-order valence-electron chi connectivity index (χ0n) is 35.2. The van der Waals surface area contributed by atoms with Gasteiger partial charge in [-0.15, -0.1) is 0 Å². The van der Waals surface area contributed by atoms with Gasteiger partial charge in [-0.3, -0.25) is 0 Å². The van der Waals surface area contributed by atoms with Gasteiger partial charge in [-0.05, 0) is 152 Å². The summed E-state index contributed by atoms with van der Waals surface area (Å²) < 4.78 is 4.71. The molecule has 0 fully saturated rings. The summed E-state index contributed by atoms with van der Waals surface area (Å²) in [7, 11) is 0.